The van der Waals surface area contributed by atoms with Crippen molar-refractivity contribution in [2.45, 2.75) is 87.2 Å². The van der Waals surface area contributed by atoms with Crippen LogP contribution >= 0.6 is 0 Å². The number of rotatable bonds is 4. The van der Waals surface area contributed by atoms with E-state index in [4.69, 9.17) is 14.7 Å². The van der Waals surface area contributed by atoms with Crippen LogP contribution < -0.4 is 15.0 Å². The van der Waals surface area contributed by atoms with Crippen LogP contribution in [0.1, 0.15) is 67.3 Å². The molecule has 6 heteroatoms. The molecule has 2 aliphatic carbocycles. The van der Waals surface area contributed by atoms with Crippen molar-refractivity contribution in [1.29, 1.82) is 0 Å². The summed E-state index contributed by atoms with van der Waals surface area (Å²) in [5.41, 5.74) is 6.02. The topological polar surface area (TPSA) is 53.5 Å². The summed E-state index contributed by atoms with van der Waals surface area (Å²) in [4.78, 5) is 15.7. The van der Waals surface area contributed by atoms with Gasteiger partial charge < -0.3 is 15.0 Å². The lowest BCUT2D eigenvalue weighted by Crippen LogP contribution is -2.52. The summed E-state index contributed by atoms with van der Waals surface area (Å²) in [6.07, 6.45) is 12.0. The fourth-order valence-corrected chi connectivity index (χ4v) is 9.47. The van der Waals surface area contributed by atoms with Crippen molar-refractivity contribution in [3.05, 3.63) is 58.8 Å². The Hall–Kier alpha value is -2.70. The third kappa shape index (κ3) is 3.46. The van der Waals surface area contributed by atoms with Crippen LogP contribution in [0.2, 0.25) is 0 Å². The van der Waals surface area contributed by atoms with E-state index in [0.29, 0.717) is 18.1 Å². The van der Waals surface area contributed by atoms with Crippen LogP contribution in [0.25, 0.3) is 10.8 Å². The molecule has 4 saturated heterocycles. The van der Waals surface area contributed by atoms with Gasteiger partial charge in [0, 0.05) is 42.6 Å². The van der Waals surface area contributed by atoms with Gasteiger partial charge in [-0.2, -0.15) is 9.97 Å². The summed E-state index contributed by atoms with van der Waals surface area (Å²) in [7, 11) is 0. The molecule has 1 spiro atoms. The summed E-state index contributed by atoms with van der Waals surface area (Å²) in [5, 5.41) is 6.69. The van der Waals surface area contributed by atoms with E-state index in [2.05, 4.69) is 51.5 Å². The minimum Gasteiger partial charge on any atom is -0.461 e. The van der Waals surface area contributed by atoms with Crippen molar-refractivity contribution in [2.75, 3.05) is 37.7 Å². The smallest absolute Gasteiger partial charge is 0.318 e. The molecule has 5 heterocycles. The van der Waals surface area contributed by atoms with Gasteiger partial charge in [0.15, 0.2) is 0 Å². The maximum absolute atomic E-state index is 6.63. The van der Waals surface area contributed by atoms with Crippen LogP contribution in [0.3, 0.4) is 0 Å². The highest BCUT2D eigenvalue weighted by Crippen LogP contribution is 2.50. The van der Waals surface area contributed by atoms with Crippen LogP contribution in [-0.4, -0.2) is 65.3 Å². The standard InChI is InChI=1S/C33H39N5O/c1-5-22-6-2-8-27-29(22)23(7-1)17-32(27)14-11-26-28(18-32)35-31(39-21-33-12-3-15-38(33)16-4-13-33)36-30(26)37-19-24-9-10-25(20-37)34-24/h1-2,5-8,24-25,34H,3-4,9-21H2/t24-,25+,32?. The van der Waals surface area contributed by atoms with Crippen molar-refractivity contribution in [1.82, 2.24) is 20.2 Å². The van der Waals surface area contributed by atoms with Crippen molar-refractivity contribution < 1.29 is 4.74 Å². The summed E-state index contributed by atoms with van der Waals surface area (Å²) < 4.78 is 6.63. The normalized spacial score (nSPS) is 30.3. The van der Waals surface area contributed by atoms with E-state index in [9.17, 15) is 0 Å². The molecule has 1 aromatic heterocycles. The first-order valence-electron chi connectivity index (χ1n) is 15.5. The van der Waals surface area contributed by atoms with Crippen molar-refractivity contribution in [2.24, 2.45) is 0 Å². The lowest BCUT2D eigenvalue weighted by Gasteiger charge is -2.39. The van der Waals surface area contributed by atoms with Crippen molar-refractivity contribution >= 4 is 16.6 Å². The molecule has 2 bridgehead atoms. The Morgan fingerprint density at radius 3 is 2.54 bits per heavy atom. The zero-order chi connectivity index (χ0) is 25.6. The summed E-state index contributed by atoms with van der Waals surface area (Å²) in [5.74, 6) is 1.17. The molecule has 3 aromatic rings. The molecule has 1 unspecified atom stereocenters. The van der Waals surface area contributed by atoms with Gasteiger partial charge in [-0.1, -0.05) is 36.4 Å². The second-order valence-corrected chi connectivity index (χ2v) is 13.5. The Kier molecular flexibility index (Phi) is 4.97. The molecule has 4 fully saturated rings. The number of benzene rings is 2. The molecule has 0 radical (unpaired) electrons. The summed E-state index contributed by atoms with van der Waals surface area (Å²) in [6, 6.07) is 15.6. The number of fused-ring (bicyclic) bond motifs is 5. The molecule has 2 aromatic carbocycles. The molecule has 9 rings (SSSR count). The number of hydrogen-bond donors (Lipinski definition) is 1. The number of piperazine rings is 1. The third-order valence-corrected chi connectivity index (χ3v) is 11.3. The third-order valence-electron chi connectivity index (χ3n) is 11.3. The molecule has 202 valence electrons. The second kappa shape index (κ2) is 8.40. The van der Waals surface area contributed by atoms with Gasteiger partial charge in [0.25, 0.3) is 0 Å². The fraction of sp³-hybridized carbons (Fsp3) is 0.576. The molecule has 3 atom stereocenters. The van der Waals surface area contributed by atoms with Gasteiger partial charge in [0.05, 0.1) is 11.2 Å². The predicted molar refractivity (Wildman–Crippen MR) is 154 cm³/mol. The Morgan fingerprint density at radius 2 is 1.72 bits per heavy atom. The van der Waals surface area contributed by atoms with Gasteiger partial charge in [-0.3, -0.25) is 4.90 Å². The minimum atomic E-state index is 0.133. The zero-order valence-electron chi connectivity index (χ0n) is 22.9. The van der Waals surface area contributed by atoms with E-state index in [1.54, 1.807) is 0 Å². The zero-order valence-corrected chi connectivity index (χ0v) is 22.9. The van der Waals surface area contributed by atoms with Gasteiger partial charge in [0.1, 0.15) is 12.4 Å². The number of aromatic nitrogens is 2. The second-order valence-electron chi connectivity index (χ2n) is 13.5. The van der Waals surface area contributed by atoms with Crippen LogP contribution in [0, 0.1) is 0 Å². The van der Waals surface area contributed by atoms with Crippen LogP contribution in [-0.2, 0) is 24.7 Å². The molecule has 0 saturated carbocycles. The molecule has 6 aliphatic rings. The first-order chi connectivity index (χ1) is 19.2. The largest absolute Gasteiger partial charge is 0.461 e. The first-order valence-corrected chi connectivity index (χ1v) is 15.5. The Balaban J connectivity index is 1.10. The predicted octanol–water partition coefficient (Wildman–Crippen LogP) is 4.56. The molecule has 39 heavy (non-hydrogen) atoms. The van der Waals surface area contributed by atoms with Crippen LogP contribution in [0.4, 0.5) is 5.82 Å². The molecule has 1 N–H and O–H groups in total. The number of nitrogens with zero attached hydrogens (tertiary/aromatic N) is 4. The number of ether oxygens (including phenoxy) is 1. The number of nitrogens with one attached hydrogen (secondary N) is 1. The highest BCUT2D eigenvalue weighted by atomic mass is 16.5. The summed E-state index contributed by atoms with van der Waals surface area (Å²) in [6.45, 7) is 5.27. The average Bonchev–Trinajstić information content (AvgIpc) is 3.70. The lowest BCUT2D eigenvalue weighted by molar-refractivity contribution is 0.107. The van der Waals surface area contributed by atoms with Gasteiger partial charge in [-0.05, 0) is 92.8 Å². The quantitative estimate of drug-likeness (QED) is 0.543. The molecule has 0 amide bonds. The van der Waals surface area contributed by atoms with E-state index in [-0.39, 0.29) is 11.0 Å². The molecule has 4 aliphatic heterocycles. The highest BCUT2D eigenvalue weighted by molar-refractivity contribution is 5.92. The lowest BCUT2D eigenvalue weighted by atomic mass is 9.69. The fourth-order valence-electron chi connectivity index (χ4n) is 9.47. The average molecular weight is 522 g/mol. The highest BCUT2D eigenvalue weighted by Gasteiger charge is 2.46. The number of hydrogen-bond acceptors (Lipinski definition) is 6. The number of anilines is 1. The monoisotopic (exact) mass is 521 g/mol. The van der Waals surface area contributed by atoms with Gasteiger partial charge in [-0.25, -0.2) is 0 Å². The van der Waals surface area contributed by atoms with E-state index >= 15 is 0 Å². The summed E-state index contributed by atoms with van der Waals surface area (Å²) >= 11 is 0. The first kappa shape index (κ1) is 23.0. The Morgan fingerprint density at radius 1 is 0.923 bits per heavy atom. The van der Waals surface area contributed by atoms with Crippen LogP contribution in [0.15, 0.2) is 36.4 Å². The van der Waals surface area contributed by atoms with E-state index < -0.39 is 0 Å². The SMILES string of the molecule is c1cc2c3c(cccc3c1)C1(CCc3c(nc(OCC45CCCN4CCC5)nc3N3C[C@H]4CC[C@@H](C3)N4)C1)C2. The molecular weight excluding hydrogens is 482 g/mol. The Labute approximate surface area is 231 Å². The molecule has 6 nitrogen and oxygen atoms in total. The minimum absolute atomic E-state index is 0.133. The van der Waals surface area contributed by atoms with E-state index in [1.807, 2.05) is 0 Å². The Bertz CT molecular complexity index is 1440. The van der Waals surface area contributed by atoms with Crippen molar-refractivity contribution in [3.63, 3.8) is 0 Å². The maximum atomic E-state index is 6.63. The maximum Gasteiger partial charge on any atom is 0.318 e. The van der Waals surface area contributed by atoms with Crippen molar-refractivity contribution in [3.8, 4) is 6.01 Å². The van der Waals surface area contributed by atoms with E-state index in [0.717, 1.165) is 39.0 Å². The van der Waals surface area contributed by atoms with E-state index in [1.165, 1.54) is 97.0 Å². The van der Waals surface area contributed by atoms with Gasteiger partial charge >= 0.3 is 6.01 Å². The molecular formula is C33H39N5O. The van der Waals surface area contributed by atoms with Gasteiger partial charge in [-0.15, -0.1) is 0 Å². The van der Waals surface area contributed by atoms with Crippen LogP contribution in [0.5, 0.6) is 6.01 Å². The van der Waals surface area contributed by atoms with Gasteiger partial charge in [0.2, 0.25) is 0 Å².